The topological polar surface area (TPSA) is 33.2 Å². The van der Waals surface area contributed by atoms with Gasteiger partial charge in [-0.15, -0.1) is 0 Å². The Balaban J connectivity index is 3.00. The number of nitrogens with zero attached hydrogens (tertiary/aromatic N) is 2. The molecule has 0 aliphatic heterocycles. The molecule has 3 nitrogen and oxygen atoms in total. The van der Waals surface area contributed by atoms with E-state index in [2.05, 4.69) is 11.9 Å². The maximum Gasteiger partial charge on any atom is 0.255 e. The normalized spacial score (nSPS) is 9.93. The molecule has 0 bridgehead atoms. The molecule has 3 heteroatoms. The van der Waals surface area contributed by atoms with Crippen LogP contribution in [0.25, 0.3) is 0 Å². The van der Waals surface area contributed by atoms with E-state index >= 15 is 0 Å². The molecule has 0 aliphatic rings. The Morgan fingerprint density at radius 2 is 2.21 bits per heavy atom. The molecular formula is C11H16N2O. The minimum absolute atomic E-state index is 0.0292. The molecule has 0 aromatic carbocycles. The van der Waals surface area contributed by atoms with Crippen LogP contribution in [-0.2, 0) is 6.42 Å². The Hall–Kier alpha value is -1.38. The predicted molar refractivity (Wildman–Crippen MR) is 56.2 cm³/mol. The second-order valence-corrected chi connectivity index (χ2v) is 3.45. The van der Waals surface area contributed by atoms with Crippen LogP contribution in [0.2, 0.25) is 0 Å². The highest BCUT2D eigenvalue weighted by atomic mass is 16.2. The molecule has 1 aromatic rings. The summed E-state index contributed by atoms with van der Waals surface area (Å²) in [4.78, 5) is 17.5. The number of hydrogen-bond acceptors (Lipinski definition) is 2. The van der Waals surface area contributed by atoms with Crippen molar-refractivity contribution in [3.05, 3.63) is 29.6 Å². The van der Waals surface area contributed by atoms with Gasteiger partial charge < -0.3 is 4.90 Å². The fraction of sp³-hybridized carbons (Fsp3) is 0.455. The van der Waals surface area contributed by atoms with E-state index in [1.54, 1.807) is 31.3 Å². The van der Waals surface area contributed by atoms with Crippen LogP contribution in [0.15, 0.2) is 18.3 Å². The zero-order valence-corrected chi connectivity index (χ0v) is 8.95. The van der Waals surface area contributed by atoms with Crippen LogP contribution < -0.4 is 0 Å². The highest BCUT2D eigenvalue weighted by molar-refractivity contribution is 5.94. The first-order chi connectivity index (χ1) is 6.66. The number of carbonyl (C=O) groups excluding carboxylic acids is 1. The molecule has 0 aliphatic carbocycles. The Labute approximate surface area is 84.8 Å². The van der Waals surface area contributed by atoms with E-state index in [0.29, 0.717) is 0 Å². The minimum atomic E-state index is 0.0292. The van der Waals surface area contributed by atoms with Gasteiger partial charge in [0.05, 0.1) is 11.3 Å². The molecule has 0 unspecified atom stereocenters. The van der Waals surface area contributed by atoms with E-state index in [-0.39, 0.29) is 5.91 Å². The van der Waals surface area contributed by atoms with Crippen LogP contribution in [-0.4, -0.2) is 29.9 Å². The van der Waals surface area contributed by atoms with Gasteiger partial charge in [0.2, 0.25) is 0 Å². The summed E-state index contributed by atoms with van der Waals surface area (Å²) in [6.45, 7) is 2.08. The molecule has 1 amide bonds. The number of pyridine rings is 1. The van der Waals surface area contributed by atoms with Gasteiger partial charge in [-0.3, -0.25) is 9.78 Å². The Morgan fingerprint density at radius 3 is 2.79 bits per heavy atom. The monoisotopic (exact) mass is 192 g/mol. The van der Waals surface area contributed by atoms with Crippen molar-refractivity contribution in [3.8, 4) is 0 Å². The fourth-order valence-corrected chi connectivity index (χ4v) is 1.31. The third kappa shape index (κ3) is 2.31. The lowest BCUT2D eigenvalue weighted by molar-refractivity contribution is 0.0826. The SMILES string of the molecule is CCCc1ncccc1C(=O)N(C)C. The minimum Gasteiger partial charge on any atom is -0.345 e. The van der Waals surface area contributed by atoms with Crippen molar-refractivity contribution in [2.45, 2.75) is 19.8 Å². The van der Waals surface area contributed by atoms with Crippen molar-refractivity contribution in [2.75, 3.05) is 14.1 Å². The number of amides is 1. The summed E-state index contributed by atoms with van der Waals surface area (Å²) in [6, 6.07) is 3.64. The van der Waals surface area contributed by atoms with Crippen molar-refractivity contribution in [1.82, 2.24) is 9.88 Å². The van der Waals surface area contributed by atoms with E-state index in [4.69, 9.17) is 0 Å². The van der Waals surface area contributed by atoms with Crippen LogP contribution in [0.4, 0.5) is 0 Å². The number of hydrogen-bond donors (Lipinski definition) is 0. The summed E-state index contributed by atoms with van der Waals surface area (Å²) < 4.78 is 0. The first-order valence-corrected chi connectivity index (χ1v) is 4.82. The molecule has 0 radical (unpaired) electrons. The smallest absolute Gasteiger partial charge is 0.255 e. The average molecular weight is 192 g/mol. The molecule has 0 fully saturated rings. The summed E-state index contributed by atoms with van der Waals surface area (Å²) >= 11 is 0. The van der Waals surface area contributed by atoms with Crippen LogP contribution in [0.1, 0.15) is 29.4 Å². The van der Waals surface area contributed by atoms with Gasteiger partial charge in [-0.05, 0) is 18.6 Å². The summed E-state index contributed by atoms with van der Waals surface area (Å²) in [6.07, 6.45) is 3.60. The number of aryl methyl sites for hydroxylation is 1. The van der Waals surface area contributed by atoms with Gasteiger partial charge in [0.1, 0.15) is 0 Å². The Kier molecular flexibility index (Phi) is 3.63. The Morgan fingerprint density at radius 1 is 1.50 bits per heavy atom. The van der Waals surface area contributed by atoms with Crippen molar-refractivity contribution in [2.24, 2.45) is 0 Å². The Bertz CT molecular complexity index is 321. The van der Waals surface area contributed by atoms with E-state index in [1.165, 1.54) is 0 Å². The van der Waals surface area contributed by atoms with Gasteiger partial charge in [-0.2, -0.15) is 0 Å². The van der Waals surface area contributed by atoms with Crippen LogP contribution in [0.5, 0.6) is 0 Å². The van der Waals surface area contributed by atoms with Gasteiger partial charge in [0, 0.05) is 20.3 Å². The van der Waals surface area contributed by atoms with Gasteiger partial charge in [-0.25, -0.2) is 0 Å². The van der Waals surface area contributed by atoms with Gasteiger partial charge in [0.25, 0.3) is 5.91 Å². The van der Waals surface area contributed by atoms with Crippen LogP contribution in [0.3, 0.4) is 0 Å². The lowest BCUT2D eigenvalue weighted by atomic mass is 10.1. The first kappa shape index (κ1) is 10.7. The molecule has 1 rings (SSSR count). The molecule has 0 spiro atoms. The maximum atomic E-state index is 11.7. The molecule has 0 saturated heterocycles. The highest BCUT2D eigenvalue weighted by Gasteiger charge is 2.12. The first-order valence-electron chi connectivity index (χ1n) is 4.82. The number of aromatic nitrogens is 1. The molecule has 1 aromatic heterocycles. The van der Waals surface area contributed by atoms with Gasteiger partial charge >= 0.3 is 0 Å². The van der Waals surface area contributed by atoms with Crippen molar-refractivity contribution >= 4 is 5.91 Å². The van der Waals surface area contributed by atoms with E-state index in [0.717, 1.165) is 24.1 Å². The van der Waals surface area contributed by atoms with Crippen molar-refractivity contribution in [1.29, 1.82) is 0 Å². The third-order valence-electron chi connectivity index (χ3n) is 2.01. The quantitative estimate of drug-likeness (QED) is 0.730. The molecule has 0 atom stereocenters. The molecule has 0 saturated carbocycles. The van der Waals surface area contributed by atoms with Crippen molar-refractivity contribution in [3.63, 3.8) is 0 Å². The molecule has 76 valence electrons. The second kappa shape index (κ2) is 4.74. The fourth-order valence-electron chi connectivity index (χ4n) is 1.31. The largest absolute Gasteiger partial charge is 0.345 e. The van der Waals surface area contributed by atoms with E-state index in [1.807, 2.05) is 6.07 Å². The maximum absolute atomic E-state index is 11.7. The molecule has 1 heterocycles. The number of carbonyl (C=O) groups is 1. The zero-order chi connectivity index (χ0) is 10.6. The van der Waals surface area contributed by atoms with Gasteiger partial charge in [0.15, 0.2) is 0 Å². The lowest BCUT2D eigenvalue weighted by Gasteiger charge is -2.12. The third-order valence-corrected chi connectivity index (χ3v) is 2.01. The molecule has 0 N–H and O–H groups in total. The van der Waals surface area contributed by atoms with E-state index in [9.17, 15) is 4.79 Å². The summed E-state index contributed by atoms with van der Waals surface area (Å²) in [7, 11) is 3.51. The lowest BCUT2D eigenvalue weighted by Crippen LogP contribution is -2.23. The predicted octanol–water partition coefficient (Wildman–Crippen LogP) is 1.74. The molecule has 14 heavy (non-hydrogen) atoms. The van der Waals surface area contributed by atoms with E-state index < -0.39 is 0 Å². The second-order valence-electron chi connectivity index (χ2n) is 3.45. The summed E-state index contributed by atoms with van der Waals surface area (Å²) in [5.41, 5.74) is 1.62. The van der Waals surface area contributed by atoms with Crippen molar-refractivity contribution < 1.29 is 4.79 Å². The summed E-state index contributed by atoms with van der Waals surface area (Å²) in [5.74, 6) is 0.0292. The summed E-state index contributed by atoms with van der Waals surface area (Å²) in [5, 5.41) is 0. The van der Waals surface area contributed by atoms with Gasteiger partial charge in [-0.1, -0.05) is 13.3 Å². The highest BCUT2D eigenvalue weighted by Crippen LogP contribution is 2.09. The van der Waals surface area contributed by atoms with Crippen LogP contribution in [0, 0.1) is 0 Å². The standard InChI is InChI=1S/C11H16N2O/c1-4-6-10-9(7-5-8-12-10)11(14)13(2)3/h5,7-8H,4,6H2,1-3H3. The zero-order valence-electron chi connectivity index (χ0n) is 8.95. The number of rotatable bonds is 3. The molecular weight excluding hydrogens is 176 g/mol. The van der Waals surface area contributed by atoms with Crippen LogP contribution >= 0.6 is 0 Å². The average Bonchev–Trinajstić information content (AvgIpc) is 2.18.